The van der Waals surface area contributed by atoms with E-state index in [1.807, 2.05) is 30.6 Å². The summed E-state index contributed by atoms with van der Waals surface area (Å²) in [6.45, 7) is 6.38. The maximum atomic E-state index is 10.5. The van der Waals surface area contributed by atoms with Crippen molar-refractivity contribution in [1.82, 2.24) is 10.2 Å². The first-order chi connectivity index (χ1) is 12.2. The van der Waals surface area contributed by atoms with E-state index in [0.29, 0.717) is 4.88 Å². The van der Waals surface area contributed by atoms with E-state index in [2.05, 4.69) is 10.2 Å². The summed E-state index contributed by atoms with van der Waals surface area (Å²) >= 11 is 1.42. The van der Waals surface area contributed by atoms with Crippen molar-refractivity contribution >= 4 is 17.6 Å². The van der Waals surface area contributed by atoms with E-state index < -0.39 is 0 Å². The van der Waals surface area contributed by atoms with Crippen LogP contribution in [0, 0.1) is 0 Å². The highest BCUT2D eigenvalue weighted by Crippen LogP contribution is 2.26. The van der Waals surface area contributed by atoms with Gasteiger partial charge in [0.1, 0.15) is 5.75 Å². The fraction of sp³-hybridized carbons (Fsp3) is 0.421. The van der Waals surface area contributed by atoms with Gasteiger partial charge in [-0.2, -0.15) is 0 Å². The molecule has 0 radical (unpaired) electrons. The van der Waals surface area contributed by atoms with Gasteiger partial charge in [-0.05, 0) is 48.2 Å². The number of aromatic hydroxyl groups is 1. The van der Waals surface area contributed by atoms with Gasteiger partial charge in [0.2, 0.25) is 0 Å². The van der Waals surface area contributed by atoms with Crippen LogP contribution in [0.25, 0.3) is 11.1 Å². The number of benzene rings is 1. The number of phenolic OH excluding ortho intramolecular Hbond substituents is 1. The number of aldehydes is 1. The van der Waals surface area contributed by atoms with E-state index in [0.717, 1.165) is 50.3 Å². The summed E-state index contributed by atoms with van der Waals surface area (Å²) in [5, 5.41) is 14.2. The predicted octanol–water partition coefficient (Wildman–Crippen LogP) is 2.86. The number of likely N-dealkylation sites (N-methyl/N-ethyl adjacent to an activating group) is 1. The van der Waals surface area contributed by atoms with Crippen molar-refractivity contribution in [3.05, 3.63) is 40.6 Å². The van der Waals surface area contributed by atoms with Gasteiger partial charge in [-0.25, -0.2) is 0 Å². The second kappa shape index (κ2) is 11.0. The smallest absolute Gasteiger partial charge is 0.160 e. The van der Waals surface area contributed by atoms with Crippen molar-refractivity contribution in [3.8, 4) is 16.9 Å². The van der Waals surface area contributed by atoms with Gasteiger partial charge in [0.25, 0.3) is 0 Å². The molecule has 2 aromatic rings. The first-order valence-corrected chi connectivity index (χ1v) is 9.38. The lowest BCUT2D eigenvalue weighted by molar-refractivity contribution is 0.112. The number of carbonyl (C=O) groups is 1. The van der Waals surface area contributed by atoms with Gasteiger partial charge in [0.05, 0.1) is 11.5 Å². The molecule has 0 bridgehead atoms. The van der Waals surface area contributed by atoms with Gasteiger partial charge in [0.15, 0.2) is 6.29 Å². The molecule has 3 rings (SSSR count). The topological polar surface area (TPSA) is 61.8 Å². The van der Waals surface area contributed by atoms with Crippen LogP contribution in [0.3, 0.4) is 0 Å². The van der Waals surface area contributed by atoms with E-state index in [9.17, 15) is 4.79 Å². The molecular formula is C19H26N2O3S. The number of rotatable bonds is 5. The first-order valence-electron chi connectivity index (χ1n) is 8.50. The van der Waals surface area contributed by atoms with Gasteiger partial charge in [-0.1, -0.05) is 12.1 Å². The number of nitrogens with zero attached hydrogens (tertiary/aromatic N) is 1. The molecule has 2 heterocycles. The van der Waals surface area contributed by atoms with Crippen molar-refractivity contribution in [2.75, 3.05) is 46.4 Å². The third-order valence-corrected chi connectivity index (χ3v) is 4.79. The van der Waals surface area contributed by atoms with Crippen LogP contribution in [0.5, 0.6) is 5.75 Å². The van der Waals surface area contributed by atoms with E-state index in [1.54, 1.807) is 12.1 Å². The summed E-state index contributed by atoms with van der Waals surface area (Å²) in [7, 11) is 1.99. The van der Waals surface area contributed by atoms with Crippen molar-refractivity contribution in [2.24, 2.45) is 0 Å². The highest BCUT2D eigenvalue weighted by Gasteiger charge is 2.07. The Balaban J connectivity index is 0.000000186. The van der Waals surface area contributed by atoms with Crippen LogP contribution >= 0.6 is 11.3 Å². The van der Waals surface area contributed by atoms with Gasteiger partial charge in [0, 0.05) is 32.8 Å². The number of thiophene rings is 1. The van der Waals surface area contributed by atoms with Crippen molar-refractivity contribution in [1.29, 1.82) is 0 Å². The van der Waals surface area contributed by atoms with E-state index in [4.69, 9.17) is 9.84 Å². The van der Waals surface area contributed by atoms with Gasteiger partial charge >= 0.3 is 0 Å². The Hall–Kier alpha value is -1.73. The average Bonchev–Trinajstić information content (AvgIpc) is 2.97. The van der Waals surface area contributed by atoms with Gasteiger partial charge in [-0.3, -0.25) is 9.69 Å². The molecule has 1 aromatic carbocycles. The summed E-state index contributed by atoms with van der Waals surface area (Å²) in [4.78, 5) is 13.6. The lowest BCUT2D eigenvalue weighted by atomic mass is 10.1. The lowest BCUT2D eigenvalue weighted by Crippen LogP contribution is -2.32. The second-order valence-electron chi connectivity index (χ2n) is 5.81. The van der Waals surface area contributed by atoms with Crippen molar-refractivity contribution < 1.29 is 14.6 Å². The highest BCUT2D eigenvalue weighted by atomic mass is 32.1. The largest absolute Gasteiger partial charge is 0.508 e. The first kappa shape index (κ1) is 19.6. The van der Waals surface area contributed by atoms with Crippen molar-refractivity contribution in [2.45, 2.75) is 6.42 Å². The monoisotopic (exact) mass is 362 g/mol. The number of nitrogens with one attached hydrogen (secondary N) is 1. The maximum absolute atomic E-state index is 10.5. The quantitative estimate of drug-likeness (QED) is 0.801. The Morgan fingerprint density at radius 1 is 1.24 bits per heavy atom. The fourth-order valence-corrected chi connectivity index (χ4v) is 3.23. The van der Waals surface area contributed by atoms with Crippen molar-refractivity contribution in [3.63, 3.8) is 0 Å². The minimum Gasteiger partial charge on any atom is -0.508 e. The number of hydrogen-bond acceptors (Lipinski definition) is 6. The minimum absolute atomic E-state index is 0.250. The maximum Gasteiger partial charge on any atom is 0.160 e. The summed E-state index contributed by atoms with van der Waals surface area (Å²) < 4.78 is 5.34. The molecular weight excluding hydrogens is 336 g/mol. The van der Waals surface area contributed by atoms with Gasteiger partial charge < -0.3 is 15.2 Å². The SMILES string of the molecule is CNCCN1CCCOCC1.O=Cc1cc(-c2ccc(O)cc2)cs1. The van der Waals surface area contributed by atoms with Gasteiger partial charge in [-0.15, -0.1) is 11.3 Å². The molecule has 6 heteroatoms. The molecule has 5 nitrogen and oxygen atoms in total. The molecule has 25 heavy (non-hydrogen) atoms. The number of carbonyl (C=O) groups excluding carboxylic acids is 1. The van der Waals surface area contributed by atoms with E-state index >= 15 is 0 Å². The Morgan fingerprint density at radius 2 is 2.04 bits per heavy atom. The van der Waals surface area contributed by atoms with E-state index in [-0.39, 0.29) is 5.75 Å². The Morgan fingerprint density at radius 3 is 2.72 bits per heavy atom. The van der Waals surface area contributed by atoms with Crippen LogP contribution in [-0.4, -0.2) is 62.7 Å². The molecule has 0 aliphatic carbocycles. The second-order valence-corrected chi connectivity index (χ2v) is 6.76. The normalized spacial score (nSPS) is 15.1. The highest BCUT2D eigenvalue weighted by molar-refractivity contribution is 7.12. The number of phenols is 1. The summed E-state index contributed by atoms with van der Waals surface area (Å²) in [5.41, 5.74) is 2.02. The van der Waals surface area contributed by atoms with Crippen LogP contribution in [0.1, 0.15) is 16.1 Å². The molecule has 0 spiro atoms. The Bertz CT molecular complexity index is 620. The third-order valence-electron chi connectivity index (χ3n) is 3.93. The Labute approximate surface area is 153 Å². The zero-order valence-corrected chi connectivity index (χ0v) is 15.4. The predicted molar refractivity (Wildman–Crippen MR) is 103 cm³/mol. The van der Waals surface area contributed by atoms with E-state index in [1.165, 1.54) is 24.3 Å². The van der Waals surface area contributed by atoms with Crippen LogP contribution in [0.15, 0.2) is 35.7 Å². The molecule has 1 saturated heterocycles. The molecule has 136 valence electrons. The molecule has 0 saturated carbocycles. The standard InChI is InChI=1S/C11H8O2S.C8H18N2O/c12-6-11-5-9(7-14-11)8-1-3-10(13)4-2-8;1-9-3-5-10-4-2-7-11-8-6-10/h1-7,13H;9H,2-8H2,1H3. The van der Waals surface area contributed by atoms with Crippen LogP contribution in [0.2, 0.25) is 0 Å². The molecule has 1 aliphatic heterocycles. The Kier molecular flexibility index (Phi) is 8.62. The zero-order valence-electron chi connectivity index (χ0n) is 14.6. The van der Waals surface area contributed by atoms with Crippen LogP contribution in [0.4, 0.5) is 0 Å². The molecule has 1 aliphatic rings. The van der Waals surface area contributed by atoms with Crippen LogP contribution < -0.4 is 5.32 Å². The average molecular weight is 362 g/mol. The zero-order chi connectivity index (χ0) is 17.9. The molecule has 0 unspecified atom stereocenters. The molecule has 0 amide bonds. The minimum atomic E-state index is 0.250. The third kappa shape index (κ3) is 6.96. The molecule has 2 N–H and O–H groups in total. The summed E-state index contributed by atoms with van der Waals surface area (Å²) in [6, 6.07) is 8.75. The van der Waals surface area contributed by atoms with Crippen LogP contribution in [-0.2, 0) is 4.74 Å². The summed E-state index contributed by atoms with van der Waals surface area (Å²) in [5.74, 6) is 0.250. The number of hydrogen-bond donors (Lipinski definition) is 2. The summed E-state index contributed by atoms with van der Waals surface area (Å²) in [6.07, 6.45) is 2.03. The molecule has 1 fully saturated rings. The lowest BCUT2D eigenvalue weighted by Gasteiger charge is -2.18. The molecule has 0 atom stereocenters. The fourth-order valence-electron chi connectivity index (χ4n) is 2.51. The molecule has 1 aromatic heterocycles. The number of ether oxygens (including phenoxy) is 1.